The Labute approximate surface area is 239 Å². The van der Waals surface area contributed by atoms with E-state index in [1.165, 1.54) is 17.0 Å². The van der Waals surface area contributed by atoms with Crippen LogP contribution in [0.3, 0.4) is 0 Å². The zero-order valence-corrected chi connectivity index (χ0v) is 25.4. The number of anilines is 1. The monoisotopic (exact) mass is 563 g/mol. The van der Waals surface area contributed by atoms with E-state index in [9.17, 15) is 18.0 Å². The second-order valence-corrected chi connectivity index (χ2v) is 13.1. The summed E-state index contributed by atoms with van der Waals surface area (Å²) < 4.78 is 29.0. The number of carbonyl (C=O) groups excluding carboxylic acids is 2. The first-order chi connectivity index (χ1) is 18.7. The molecule has 3 aromatic carbocycles. The summed E-state index contributed by atoms with van der Waals surface area (Å²) in [4.78, 5) is 29.2. The van der Waals surface area contributed by atoms with Gasteiger partial charge >= 0.3 is 0 Å². The van der Waals surface area contributed by atoms with Gasteiger partial charge in [0.2, 0.25) is 11.8 Å². The topological polar surface area (TPSA) is 86.8 Å². The molecule has 0 aliphatic carbocycles. The highest BCUT2D eigenvalue weighted by atomic mass is 32.2. The SMILES string of the molecule is CC[C@@H](C(=O)NC(C)(C)C)N(Cc1ccccc1C)C(=O)CN(c1ccc(C)c(C)c1)S(=O)(=O)c1ccccc1. The standard InChI is InChI=1S/C32H41N3O4S/c1-8-29(31(37)33-32(5,6)7)34(21-26-15-13-12-14-24(26)3)30(36)22-35(27-19-18-23(2)25(4)20-27)40(38,39)28-16-10-9-11-17-28/h9-20,29H,8,21-22H2,1-7H3,(H,33,37)/t29-/m0/s1. The molecule has 0 radical (unpaired) electrons. The molecule has 0 saturated heterocycles. The number of amides is 2. The van der Waals surface area contributed by atoms with Gasteiger partial charge in [-0.1, -0.05) is 55.5 Å². The minimum atomic E-state index is -4.09. The maximum absolute atomic E-state index is 14.2. The van der Waals surface area contributed by atoms with E-state index in [1.807, 2.05) is 78.8 Å². The summed E-state index contributed by atoms with van der Waals surface area (Å²) in [6.45, 7) is 13.0. The van der Waals surface area contributed by atoms with Crippen LogP contribution in [-0.4, -0.2) is 43.3 Å². The number of carbonyl (C=O) groups is 2. The predicted octanol–water partition coefficient (Wildman–Crippen LogP) is 5.53. The van der Waals surface area contributed by atoms with Gasteiger partial charge in [0.05, 0.1) is 10.6 Å². The third kappa shape index (κ3) is 7.50. The lowest BCUT2D eigenvalue weighted by Crippen LogP contribution is -2.55. The highest BCUT2D eigenvalue weighted by molar-refractivity contribution is 7.92. The van der Waals surface area contributed by atoms with E-state index in [0.717, 1.165) is 26.6 Å². The van der Waals surface area contributed by atoms with Gasteiger partial charge in [-0.05, 0) is 94.5 Å². The van der Waals surface area contributed by atoms with Crippen molar-refractivity contribution in [1.29, 1.82) is 0 Å². The second-order valence-electron chi connectivity index (χ2n) is 11.2. The van der Waals surface area contributed by atoms with E-state index >= 15 is 0 Å². The number of nitrogens with one attached hydrogen (secondary N) is 1. The summed E-state index contributed by atoms with van der Waals surface area (Å²) in [7, 11) is -4.09. The molecule has 0 aliphatic heterocycles. The lowest BCUT2D eigenvalue weighted by molar-refractivity contribution is -0.141. The number of hydrogen-bond donors (Lipinski definition) is 1. The van der Waals surface area contributed by atoms with Crippen LogP contribution in [0.1, 0.15) is 56.4 Å². The zero-order chi connectivity index (χ0) is 29.7. The van der Waals surface area contributed by atoms with Gasteiger partial charge in [-0.2, -0.15) is 0 Å². The van der Waals surface area contributed by atoms with E-state index < -0.39 is 34.1 Å². The molecule has 1 atom stereocenters. The minimum Gasteiger partial charge on any atom is -0.350 e. The number of benzene rings is 3. The van der Waals surface area contributed by atoms with Gasteiger partial charge in [0.15, 0.2) is 0 Å². The minimum absolute atomic E-state index is 0.0870. The fraction of sp³-hybridized carbons (Fsp3) is 0.375. The molecule has 214 valence electrons. The van der Waals surface area contributed by atoms with Crippen LogP contribution in [0, 0.1) is 20.8 Å². The van der Waals surface area contributed by atoms with Gasteiger partial charge in [0.25, 0.3) is 10.0 Å². The van der Waals surface area contributed by atoms with Crippen molar-refractivity contribution in [3.63, 3.8) is 0 Å². The van der Waals surface area contributed by atoms with Crippen LogP contribution in [0.15, 0.2) is 77.7 Å². The normalized spacial score (nSPS) is 12.5. The smallest absolute Gasteiger partial charge is 0.264 e. The summed E-state index contributed by atoms with van der Waals surface area (Å²) >= 11 is 0. The fourth-order valence-electron chi connectivity index (χ4n) is 4.47. The number of rotatable bonds is 10. The van der Waals surface area contributed by atoms with Crippen LogP contribution in [0.25, 0.3) is 0 Å². The first kappa shape index (κ1) is 30.9. The highest BCUT2D eigenvalue weighted by Crippen LogP contribution is 2.27. The van der Waals surface area contributed by atoms with E-state index in [2.05, 4.69) is 5.32 Å². The zero-order valence-electron chi connectivity index (χ0n) is 24.6. The Morgan fingerprint density at radius 3 is 2.05 bits per heavy atom. The van der Waals surface area contributed by atoms with Crippen LogP contribution in [0.2, 0.25) is 0 Å². The molecule has 0 spiro atoms. The molecule has 1 N–H and O–H groups in total. The van der Waals surface area contributed by atoms with Gasteiger partial charge in [-0.3, -0.25) is 13.9 Å². The largest absolute Gasteiger partial charge is 0.350 e. The molecule has 0 saturated carbocycles. The number of sulfonamides is 1. The van der Waals surface area contributed by atoms with Crippen LogP contribution >= 0.6 is 0 Å². The number of aryl methyl sites for hydroxylation is 3. The summed E-state index contributed by atoms with van der Waals surface area (Å²) in [5.41, 5.74) is 3.69. The van der Waals surface area contributed by atoms with Crippen LogP contribution in [-0.2, 0) is 26.2 Å². The van der Waals surface area contributed by atoms with Crippen molar-refractivity contribution >= 4 is 27.5 Å². The maximum Gasteiger partial charge on any atom is 0.264 e. The van der Waals surface area contributed by atoms with Crippen LogP contribution in [0.4, 0.5) is 5.69 Å². The summed E-state index contributed by atoms with van der Waals surface area (Å²) in [5.74, 6) is -0.738. The first-order valence-corrected chi connectivity index (χ1v) is 15.0. The molecule has 0 aliphatic rings. The van der Waals surface area contributed by atoms with E-state index in [-0.39, 0.29) is 17.3 Å². The van der Waals surface area contributed by atoms with Gasteiger partial charge in [-0.25, -0.2) is 8.42 Å². The van der Waals surface area contributed by atoms with E-state index in [0.29, 0.717) is 12.1 Å². The molecule has 7 nitrogen and oxygen atoms in total. The fourth-order valence-corrected chi connectivity index (χ4v) is 5.90. The van der Waals surface area contributed by atoms with Crippen molar-refractivity contribution < 1.29 is 18.0 Å². The lowest BCUT2D eigenvalue weighted by Gasteiger charge is -2.35. The highest BCUT2D eigenvalue weighted by Gasteiger charge is 2.34. The molecule has 40 heavy (non-hydrogen) atoms. The Hall–Kier alpha value is -3.65. The average molecular weight is 564 g/mol. The third-order valence-corrected chi connectivity index (χ3v) is 8.66. The molecule has 0 fully saturated rings. The van der Waals surface area contributed by atoms with Gasteiger partial charge in [-0.15, -0.1) is 0 Å². The van der Waals surface area contributed by atoms with E-state index in [4.69, 9.17) is 0 Å². The Bertz CT molecular complexity index is 1450. The predicted molar refractivity (Wildman–Crippen MR) is 161 cm³/mol. The molecule has 2 amide bonds. The molecular formula is C32H41N3O4S. The van der Waals surface area contributed by atoms with Crippen LogP contribution in [0.5, 0.6) is 0 Å². The Balaban J connectivity index is 2.10. The number of hydrogen-bond acceptors (Lipinski definition) is 4. The van der Waals surface area contributed by atoms with Crippen molar-refractivity contribution in [2.75, 3.05) is 10.8 Å². The molecule has 3 aromatic rings. The maximum atomic E-state index is 14.2. The average Bonchev–Trinajstić information content (AvgIpc) is 2.89. The molecular weight excluding hydrogens is 522 g/mol. The van der Waals surface area contributed by atoms with Gasteiger partial charge in [0.1, 0.15) is 12.6 Å². The molecule has 0 heterocycles. The molecule has 0 aromatic heterocycles. The lowest BCUT2D eigenvalue weighted by atomic mass is 10.0. The van der Waals surface area contributed by atoms with Crippen molar-refractivity contribution in [2.24, 2.45) is 0 Å². The Morgan fingerprint density at radius 1 is 0.850 bits per heavy atom. The quantitative estimate of drug-likeness (QED) is 0.352. The van der Waals surface area contributed by atoms with Crippen LogP contribution < -0.4 is 9.62 Å². The first-order valence-electron chi connectivity index (χ1n) is 13.6. The van der Waals surface area contributed by atoms with Crippen molar-refractivity contribution in [1.82, 2.24) is 10.2 Å². The van der Waals surface area contributed by atoms with Gasteiger partial charge < -0.3 is 10.2 Å². The van der Waals surface area contributed by atoms with Gasteiger partial charge in [0, 0.05) is 12.1 Å². The van der Waals surface area contributed by atoms with Crippen molar-refractivity contribution in [3.05, 3.63) is 95.1 Å². The Kier molecular flexibility index (Phi) is 9.79. The second kappa shape index (κ2) is 12.7. The summed E-state index contributed by atoms with van der Waals surface area (Å²) in [6.07, 6.45) is 0.370. The molecule has 0 unspecified atom stereocenters. The van der Waals surface area contributed by atoms with E-state index in [1.54, 1.807) is 30.3 Å². The number of nitrogens with zero attached hydrogens (tertiary/aromatic N) is 2. The van der Waals surface area contributed by atoms with Crippen molar-refractivity contribution in [3.8, 4) is 0 Å². The molecule has 3 rings (SSSR count). The Morgan fingerprint density at radius 2 is 1.48 bits per heavy atom. The summed E-state index contributed by atoms with van der Waals surface area (Å²) in [6, 6.07) is 20.3. The third-order valence-electron chi connectivity index (χ3n) is 6.87. The molecule has 0 bridgehead atoms. The summed E-state index contributed by atoms with van der Waals surface area (Å²) in [5, 5.41) is 3.00. The molecule has 8 heteroatoms. The van der Waals surface area contributed by atoms with Crippen molar-refractivity contribution in [2.45, 2.75) is 77.9 Å².